The average molecular weight is 761 g/mol. The highest BCUT2D eigenvalue weighted by atomic mass is 15.2. The highest BCUT2D eigenvalue weighted by Gasteiger charge is 2.23. The highest BCUT2D eigenvalue weighted by molar-refractivity contribution is 6.37. The lowest BCUT2D eigenvalue weighted by Crippen LogP contribution is -2.13. The highest BCUT2D eigenvalue weighted by Crippen LogP contribution is 2.48. The van der Waals surface area contributed by atoms with Gasteiger partial charge >= 0.3 is 0 Å². The minimum absolute atomic E-state index is 1.09. The molecule has 0 saturated carbocycles. The van der Waals surface area contributed by atoms with Gasteiger partial charge in [-0.15, -0.1) is 0 Å². The van der Waals surface area contributed by atoms with E-state index in [-0.39, 0.29) is 0 Å². The summed E-state index contributed by atoms with van der Waals surface area (Å²) in [5.41, 5.74) is 9.17. The van der Waals surface area contributed by atoms with Gasteiger partial charge in [0.05, 0.1) is 22.4 Å². The average Bonchev–Trinajstić information content (AvgIpc) is 3.65. The summed E-state index contributed by atoms with van der Waals surface area (Å²) in [6, 6.07) is 80.8. The summed E-state index contributed by atoms with van der Waals surface area (Å²) in [6.07, 6.45) is 0. The van der Waals surface area contributed by atoms with E-state index in [9.17, 15) is 0 Å². The fraction of sp³-hybridized carbons (Fsp3) is 0. The summed E-state index contributed by atoms with van der Waals surface area (Å²) < 4.78 is 2.45. The molecule has 13 aromatic rings. The Morgan fingerprint density at radius 3 is 1.37 bits per heavy atom. The van der Waals surface area contributed by atoms with Gasteiger partial charge in [0.1, 0.15) is 0 Å². The molecule has 1 heterocycles. The third-order valence-electron chi connectivity index (χ3n) is 12.8. The molecule has 0 bridgehead atoms. The van der Waals surface area contributed by atoms with Crippen LogP contribution >= 0.6 is 0 Å². The minimum atomic E-state index is 1.09. The second-order valence-electron chi connectivity index (χ2n) is 16.0. The van der Waals surface area contributed by atoms with E-state index in [2.05, 4.69) is 228 Å². The van der Waals surface area contributed by atoms with Crippen molar-refractivity contribution in [3.05, 3.63) is 218 Å². The van der Waals surface area contributed by atoms with Crippen LogP contribution in [-0.2, 0) is 0 Å². The standard InChI is InChI=1S/C58H36N2/c1-2-13-37(14-3-1)38-31-33-43(34-32-38)59(53-25-8-9-26-54(53)60-51-23-6-4-18-45(51)46-19-5-7-24-52(46)60)44-35-42-30-29-41-16-11-21-48-47-20-10-15-39-27-28-40-17-12-22-49(57(40)55(39)47)50(36-44)58(42)56(41)48/h1-36H. The molecule has 278 valence electrons. The number of nitrogens with zero attached hydrogens (tertiary/aromatic N) is 2. The Balaban J connectivity index is 1.17. The summed E-state index contributed by atoms with van der Waals surface area (Å²) in [4.78, 5) is 2.48. The Kier molecular flexibility index (Phi) is 7.05. The van der Waals surface area contributed by atoms with E-state index in [1.54, 1.807) is 0 Å². The molecular weight excluding hydrogens is 725 g/mol. The van der Waals surface area contributed by atoms with E-state index >= 15 is 0 Å². The zero-order chi connectivity index (χ0) is 39.3. The lowest BCUT2D eigenvalue weighted by atomic mass is 9.87. The number of hydrogen-bond donors (Lipinski definition) is 0. The van der Waals surface area contributed by atoms with E-state index < -0.39 is 0 Å². The third kappa shape index (κ3) is 4.76. The molecule has 0 aliphatic carbocycles. The van der Waals surface area contributed by atoms with Crippen LogP contribution < -0.4 is 4.90 Å². The van der Waals surface area contributed by atoms with Crippen LogP contribution in [0.1, 0.15) is 0 Å². The first-order chi connectivity index (χ1) is 29.8. The van der Waals surface area contributed by atoms with Crippen LogP contribution in [0.5, 0.6) is 0 Å². The van der Waals surface area contributed by atoms with Crippen LogP contribution in [0.3, 0.4) is 0 Å². The van der Waals surface area contributed by atoms with Crippen molar-refractivity contribution in [1.29, 1.82) is 0 Å². The third-order valence-corrected chi connectivity index (χ3v) is 12.8. The molecule has 0 amide bonds. The molecule has 12 aromatic carbocycles. The van der Waals surface area contributed by atoms with Gasteiger partial charge in [-0.05, 0) is 124 Å². The van der Waals surface area contributed by atoms with Crippen molar-refractivity contribution in [3.8, 4) is 16.8 Å². The van der Waals surface area contributed by atoms with E-state index in [4.69, 9.17) is 0 Å². The molecule has 60 heavy (non-hydrogen) atoms. The Labute approximate surface area is 346 Å². The summed E-state index contributed by atoms with van der Waals surface area (Å²) in [5, 5.41) is 17.8. The topological polar surface area (TPSA) is 8.17 Å². The normalized spacial score (nSPS) is 12.0. The molecule has 0 aliphatic heterocycles. The number of anilines is 3. The van der Waals surface area contributed by atoms with Crippen LogP contribution in [0.4, 0.5) is 17.1 Å². The lowest BCUT2D eigenvalue weighted by molar-refractivity contribution is 1.15. The van der Waals surface area contributed by atoms with Gasteiger partial charge in [0, 0.05) is 22.1 Å². The van der Waals surface area contributed by atoms with E-state index in [1.165, 1.54) is 97.6 Å². The molecule has 0 unspecified atom stereocenters. The second-order valence-corrected chi connectivity index (χ2v) is 16.0. The summed E-state index contributed by atoms with van der Waals surface area (Å²) in [6.45, 7) is 0. The van der Waals surface area contributed by atoms with Crippen LogP contribution in [0.2, 0.25) is 0 Å². The van der Waals surface area contributed by atoms with Gasteiger partial charge < -0.3 is 9.47 Å². The monoisotopic (exact) mass is 760 g/mol. The Morgan fingerprint density at radius 2 is 0.750 bits per heavy atom. The van der Waals surface area contributed by atoms with Gasteiger partial charge in [0.25, 0.3) is 0 Å². The molecule has 0 atom stereocenters. The summed E-state index contributed by atoms with van der Waals surface area (Å²) in [7, 11) is 0. The molecule has 13 rings (SSSR count). The van der Waals surface area contributed by atoms with Crippen LogP contribution in [0.25, 0.3) is 103 Å². The Bertz CT molecular complexity index is 3760. The van der Waals surface area contributed by atoms with Gasteiger partial charge in [-0.3, -0.25) is 0 Å². The summed E-state index contributed by atoms with van der Waals surface area (Å²) >= 11 is 0. The largest absolute Gasteiger partial charge is 0.308 e. The maximum atomic E-state index is 2.48. The van der Waals surface area contributed by atoms with Crippen LogP contribution in [0.15, 0.2) is 218 Å². The van der Waals surface area contributed by atoms with E-state index in [0.29, 0.717) is 0 Å². The quantitative estimate of drug-likeness (QED) is 0.159. The van der Waals surface area contributed by atoms with Crippen LogP contribution in [0, 0.1) is 0 Å². The van der Waals surface area contributed by atoms with E-state index in [1.807, 2.05) is 0 Å². The number of hydrogen-bond acceptors (Lipinski definition) is 1. The molecule has 0 saturated heterocycles. The van der Waals surface area contributed by atoms with E-state index in [0.717, 1.165) is 22.7 Å². The predicted molar refractivity (Wildman–Crippen MR) is 257 cm³/mol. The number of aromatic nitrogens is 1. The molecule has 1 aromatic heterocycles. The maximum Gasteiger partial charge on any atom is 0.0702 e. The fourth-order valence-electron chi connectivity index (χ4n) is 10.3. The first-order valence-electron chi connectivity index (χ1n) is 20.8. The number of rotatable bonds is 5. The fourth-order valence-corrected chi connectivity index (χ4v) is 10.3. The van der Waals surface area contributed by atoms with Gasteiger partial charge in [-0.2, -0.15) is 0 Å². The Hall–Kier alpha value is -7.94. The molecule has 0 aliphatic rings. The van der Waals surface area contributed by atoms with Gasteiger partial charge in [0.15, 0.2) is 0 Å². The van der Waals surface area contributed by atoms with Crippen molar-refractivity contribution in [3.63, 3.8) is 0 Å². The zero-order valence-electron chi connectivity index (χ0n) is 32.7. The summed E-state index contributed by atoms with van der Waals surface area (Å²) in [5.74, 6) is 0. The van der Waals surface area contributed by atoms with Crippen molar-refractivity contribution in [2.24, 2.45) is 0 Å². The van der Waals surface area contributed by atoms with Crippen molar-refractivity contribution in [2.45, 2.75) is 0 Å². The molecular formula is C58H36N2. The number of benzene rings is 11. The minimum Gasteiger partial charge on any atom is -0.308 e. The smallest absolute Gasteiger partial charge is 0.0702 e. The van der Waals surface area contributed by atoms with Crippen LogP contribution in [-0.4, -0.2) is 4.57 Å². The molecule has 0 fully saturated rings. The molecule has 0 N–H and O–H groups in total. The second kappa shape index (κ2) is 12.8. The van der Waals surface area contributed by atoms with Crippen molar-refractivity contribution in [2.75, 3.05) is 4.90 Å². The molecule has 2 nitrogen and oxygen atoms in total. The number of para-hydroxylation sites is 4. The SMILES string of the molecule is c1ccc(-c2ccc(N(c3cc4ccc5cccc6c7cccc8ccc9cccc(c(c3)c4c56)c9c87)c3ccccc3-n3c4ccccc4c4ccccc43)cc2)cc1. The van der Waals surface area contributed by atoms with Gasteiger partial charge in [-0.1, -0.05) is 170 Å². The predicted octanol–water partition coefficient (Wildman–Crippen LogP) is 16.3. The van der Waals surface area contributed by atoms with Crippen molar-refractivity contribution >= 4 is 104 Å². The van der Waals surface area contributed by atoms with Gasteiger partial charge in [-0.25, -0.2) is 0 Å². The zero-order valence-corrected chi connectivity index (χ0v) is 32.7. The molecule has 0 radical (unpaired) electrons. The first kappa shape index (κ1) is 33.1. The maximum absolute atomic E-state index is 2.48. The number of fused-ring (bicyclic) bond motifs is 5. The molecule has 0 spiro atoms. The molecule has 2 heteroatoms. The first-order valence-corrected chi connectivity index (χ1v) is 20.8. The van der Waals surface area contributed by atoms with Crippen molar-refractivity contribution < 1.29 is 0 Å². The van der Waals surface area contributed by atoms with Crippen molar-refractivity contribution in [1.82, 2.24) is 4.57 Å². The Morgan fingerprint density at radius 1 is 0.283 bits per heavy atom. The van der Waals surface area contributed by atoms with Gasteiger partial charge in [0.2, 0.25) is 0 Å². The lowest BCUT2D eigenvalue weighted by Gasteiger charge is -2.29.